The lowest BCUT2D eigenvalue weighted by atomic mass is 10.1. The Morgan fingerprint density at radius 2 is 1.64 bits per heavy atom. The number of pyridine rings is 1. The van der Waals surface area contributed by atoms with Crippen LogP contribution in [0.3, 0.4) is 0 Å². The van der Waals surface area contributed by atoms with E-state index in [9.17, 15) is 0 Å². The molecule has 2 aromatic heterocycles. The van der Waals surface area contributed by atoms with Crippen LogP contribution in [0.4, 0.5) is 5.69 Å². The zero-order valence-electron chi connectivity index (χ0n) is 14.0. The molecule has 2 aromatic carbocycles. The van der Waals surface area contributed by atoms with E-state index in [-0.39, 0.29) is 0 Å². The van der Waals surface area contributed by atoms with Gasteiger partial charge in [-0.1, -0.05) is 36.4 Å². The monoisotopic (exact) mass is 326 g/mol. The molecule has 0 saturated carbocycles. The van der Waals surface area contributed by atoms with Crippen molar-refractivity contribution in [3.8, 4) is 5.69 Å². The second kappa shape index (κ2) is 5.38. The summed E-state index contributed by atoms with van der Waals surface area (Å²) in [5, 5.41) is 2.50. The lowest BCUT2D eigenvalue weighted by Gasteiger charge is -2.19. The summed E-state index contributed by atoms with van der Waals surface area (Å²) >= 11 is 0. The number of hydrogen-bond acceptors (Lipinski definition) is 3. The highest BCUT2D eigenvalue weighted by atomic mass is 15.3. The maximum Gasteiger partial charge on any atom is 0.0939 e. The first-order valence-electron chi connectivity index (χ1n) is 8.41. The molecule has 0 spiro atoms. The van der Waals surface area contributed by atoms with Crippen LogP contribution in [0.25, 0.3) is 27.5 Å². The third kappa shape index (κ3) is 2.11. The maximum atomic E-state index is 4.55. The SMILES string of the molecule is CN1C=CN(c2cncc3c2c2ccccc2n3-c2ccccc2)C1. The molecule has 25 heavy (non-hydrogen) atoms. The molecule has 0 fully saturated rings. The molecule has 0 atom stereocenters. The molecule has 1 aliphatic rings. The molecule has 5 rings (SSSR count). The Morgan fingerprint density at radius 1 is 0.840 bits per heavy atom. The van der Waals surface area contributed by atoms with Crippen LogP contribution < -0.4 is 4.90 Å². The molecule has 4 nitrogen and oxygen atoms in total. The average Bonchev–Trinajstić information content (AvgIpc) is 3.23. The summed E-state index contributed by atoms with van der Waals surface area (Å²) in [4.78, 5) is 8.96. The molecule has 0 aliphatic carbocycles. The van der Waals surface area contributed by atoms with E-state index in [0.29, 0.717) is 0 Å². The van der Waals surface area contributed by atoms with Crippen molar-refractivity contribution >= 4 is 27.5 Å². The van der Waals surface area contributed by atoms with E-state index in [1.807, 2.05) is 18.5 Å². The predicted molar refractivity (Wildman–Crippen MR) is 103 cm³/mol. The van der Waals surface area contributed by atoms with Gasteiger partial charge in [-0.15, -0.1) is 0 Å². The molecule has 0 saturated heterocycles. The minimum absolute atomic E-state index is 0.839. The quantitative estimate of drug-likeness (QED) is 0.547. The number of rotatable bonds is 2. The number of hydrogen-bond donors (Lipinski definition) is 0. The molecule has 4 heteroatoms. The Morgan fingerprint density at radius 3 is 2.44 bits per heavy atom. The van der Waals surface area contributed by atoms with Crippen molar-refractivity contribution in [2.24, 2.45) is 0 Å². The van der Waals surface area contributed by atoms with Crippen LogP contribution in [0.15, 0.2) is 79.4 Å². The zero-order chi connectivity index (χ0) is 16.8. The fourth-order valence-corrected chi connectivity index (χ4v) is 3.65. The number of nitrogens with zero attached hydrogens (tertiary/aromatic N) is 4. The molecule has 4 aromatic rings. The molecule has 0 N–H and O–H groups in total. The standard InChI is InChI=1S/C21H18N4/c1-23-11-12-24(15-23)19-13-22-14-20-21(19)17-9-5-6-10-18(17)25(20)16-7-3-2-4-8-16/h2-14H,15H2,1H3. The van der Waals surface area contributed by atoms with Crippen LogP contribution in [0.1, 0.15) is 0 Å². The largest absolute Gasteiger partial charge is 0.361 e. The highest BCUT2D eigenvalue weighted by molar-refractivity contribution is 6.14. The number of fused-ring (bicyclic) bond motifs is 3. The van der Waals surface area contributed by atoms with Crippen LogP contribution in [-0.2, 0) is 0 Å². The first-order valence-corrected chi connectivity index (χ1v) is 8.41. The summed E-state index contributed by atoms with van der Waals surface area (Å²) in [6, 6.07) is 19.1. The fraction of sp³-hybridized carbons (Fsp3) is 0.0952. The number of benzene rings is 2. The second-order valence-corrected chi connectivity index (χ2v) is 6.41. The van der Waals surface area contributed by atoms with Gasteiger partial charge < -0.3 is 14.4 Å². The Balaban J connectivity index is 1.88. The van der Waals surface area contributed by atoms with E-state index in [1.165, 1.54) is 16.3 Å². The lowest BCUT2D eigenvalue weighted by molar-refractivity contribution is 0.496. The lowest BCUT2D eigenvalue weighted by Crippen LogP contribution is -2.21. The third-order valence-corrected chi connectivity index (χ3v) is 4.76. The fourth-order valence-electron chi connectivity index (χ4n) is 3.65. The number of aromatic nitrogens is 2. The van der Waals surface area contributed by atoms with Gasteiger partial charge in [0.1, 0.15) is 0 Å². The van der Waals surface area contributed by atoms with E-state index in [1.54, 1.807) is 0 Å². The molecule has 3 heterocycles. The molecular formula is C21H18N4. The topological polar surface area (TPSA) is 24.3 Å². The van der Waals surface area contributed by atoms with Gasteiger partial charge in [0, 0.05) is 35.9 Å². The molecule has 0 amide bonds. The van der Waals surface area contributed by atoms with E-state index < -0.39 is 0 Å². The predicted octanol–water partition coefficient (Wildman–Crippen LogP) is 4.36. The molecule has 1 aliphatic heterocycles. The van der Waals surface area contributed by atoms with Crippen LogP contribution in [0.2, 0.25) is 0 Å². The van der Waals surface area contributed by atoms with Crippen molar-refractivity contribution in [2.75, 3.05) is 18.6 Å². The summed E-state index contributed by atoms with van der Waals surface area (Å²) in [5.74, 6) is 0. The van der Waals surface area contributed by atoms with E-state index >= 15 is 0 Å². The van der Waals surface area contributed by atoms with Crippen molar-refractivity contribution in [1.29, 1.82) is 0 Å². The summed E-state index contributed by atoms with van der Waals surface area (Å²) in [6.07, 6.45) is 8.14. The van der Waals surface area contributed by atoms with Crippen LogP contribution >= 0.6 is 0 Å². The normalized spacial score (nSPS) is 14.1. The molecule has 0 unspecified atom stereocenters. The van der Waals surface area contributed by atoms with Gasteiger partial charge in [0.15, 0.2) is 0 Å². The Kier molecular flexibility index (Phi) is 3.04. The van der Waals surface area contributed by atoms with Gasteiger partial charge in [0.2, 0.25) is 0 Å². The minimum Gasteiger partial charge on any atom is -0.361 e. The number of anilines is 1. The van der Waals surface area contributed by atoms with Crippen LogP contribution in [-0.4, -0.2) is 28.2 Å². The summed E-state index contributed by atoms with van der Waals surface area (Å²) < 4.78 is 2.30. The molecule has 0 bridgehead atoms. The van der Waals surface area contributed by atoms with Crippen molar-refractivity contribution in [2.45, 2.75) is 0 Å². The Labute approximate surface area is 146 Å². The van der Waals surface area contributed by atoms with E-state index in [0.717, 1.165) is 23.6 Å². The van der Waals surface area contributed by atoms with Gasteiger partial charge in [0.05, 0.1) is 35.8 Å². The Hall–Kier alpha value is -3.27. The summed E-state index contributed by atoms with van der Waals surface area (Å²) in [7, 11) is 2.08. The van der Waals surface area contributed by atoms with Gasteiger partial charge >= 0.3 is 0 Å². The third-order valence-electron chi connectivity index (χ3n) is 4.76. The van der Waals surface area contributed by atoms with E-state index in [4.69, 9.17) is 0 Å². The average molecular weight is 326 g/mol. The van der Waals surface area contributed by atoms with Crippen molar-refractivity contribution in [3.05, 3.63) is 79.4 Å². The van der Waals surface area contributed by atoms with Crippen LogP contribution in [0, 0.1) is 0 Å². The van der Waals surface area contributed by atoms with Crippen molar-refractivity contribution < 1.29 is 0 Å². The highest BCUT2D eigenvalue weighted by Gasteiger charge is 2.19. The summed E-state index contributed by atoms with van der Waals surface area (Å²) in [5.41, 5.74) is 4.63. The van der Waals surface area contributed by atoms with Gasteiger partial charge in [0.25, 0.3) is 0 Å². The smallest absolute Gasteiger partial charge is 0.0939 e. The van der Waals surface area contributed by atoms with Gasteiger partial charge in [-0.25, -0.2) is 0 Å². The molecular weight excluding hydrogens is 308 g/mol. The summed E-state index contributed by atoms with van der Waals surface area (Å²) in [6.45, 7) is 0.839. The van der Waals surface area contributed by atoms with Crippen molar-refractivity contribution in [1.82, 2.24) is 14.5 Å². The Bertz CT molecular complexity index is 1090. The molecule has 0 radical (unpaired) electrons. The van der Waals surface area contributed by atoms with E-state index in [2.05, 4.69) is 87.3 Å². The van der Waals surface area contributed by atoms with Crippen LogP contribution in [0.5, 0.6) is 0 Å². The van der Waals surface area contributed by atoms with Gasteiger partial charge in [-0.2, -0.15) is 0 Å². The highest BCUT2D eigenvalue weighted by Crippen LogP contribution is 2.37. The second-order valence-electron chi connectivity index (χ2n) is 6.41. The molecule has 122 valence electrons. The van der Waals surface area contributed by atoms with Crippen molar-refractivity contribution in [3.63, 3.8) is 0 Å². The van der Waals surface area contributed by atoms with Gasteiger partial charge in [-0.3, -0.25) is 4.98 Å². The number of para-hydroxylation sites is 2. The zero-order valence-corrected chi connectivity index (χ0v) is 14.0. The maximum absolute atomic E-state index is 4.55. The first kappa shape index (κ1) is 14.1. The first-order chi connectivity index (χ1) is 12.3. The van der Waals surface area contributed by atoms with Gasteiger partial charge in [-0.05, 0) is 18.2 Å². The minimum atomic E-state index is 0.839.